The molecule has 0 fully saturated rings. The van der Waals surface area contributed by atoms with Crippen molar-refractivity contribution in [1.29, 1.82) is 0 Å². The van der Waals surface area contributed by atoms with Crippen molar-refractivity contribution in [3.05, 3.63) is 29.8 Å². The highest BCUT2D eigenvalue weighted by Crippen LogP contribution is 2.44. The van der Waals surface area contributed by atoms with Gasteiger partial charge < -0.3 is 0 Å². The Morgan fingerprint density at radius 1 is 1.18 bits per heavy atom. The summed E-state index contributed by atoms with van der Waals surface area (Å²) in [4.78, 5) is 4.25. The topological polar surface area (TPSA) is 12.9 Å². The Labute approximate surface area is 68.3 Å². The molecule has 0 atom stereocenters. The minimum Gasteiger partial charge on any atom is -0.245 e. The number of aromatic nitrogens is 1. The number of thiazole rings is 1. The number of fused-ring (bicyclic) bond motifs is 1. The van der Waals surface area contributed by atoms with E-state index in [0.717, 1.165) is 5.01 Å². The van der Waals surface area contributed by atoms with Crippen molar-refractivity contribution in [2.24, 2.45) is 0 Å². The van der Waals surface area contributed by atoms with E-state index in [2.05, 4.69) is 23.2 Å². The summed E-state index contributed by atoms with van der Waals surface area (Å²) in [5.74, 6) is 0. The third-order valence-corrected chi connectivity index (χ3v) is 2.72. The van der Waals surface area contributed by atoms with Crippen molar-refractivity contribution in [3.8, 4) is 21.7 Å². The molecule has 2 aliphatic carbocycles. The summed E-state index contributed by atoms with van der Waals surface area (Å²) in [5, 5.41) is 3.15. The zero-order valence-electron chi connectivity index (χ0n) is 5.74. The maximum atomic E-state index is 4.25. The molecule has 0 aliphatic heterocycles. The van der Waals surface area contributed by atoms with Crippen LogP contribution in [0.1, 0.15) is 0 Å². The highest BCUT2D eigenvalue weighted by molar-refractivity contribution is 7.13. The molecule has 1 heterocycles. The molecule has 0 aromatic carbocycles. The minimum atomic E-state index is 1.14. The van der Waals surface area contributed by atoms with Crippen molar-refractivity contribution in [1.82, 2.24) is 4.98 Å². The van der Waals surface area contributed by atoms with Crippen LogP contribution in [0.25, 0.3) is 21.7 Å². The molecule has 2 aliphatic rings. The van der Waals surface area contributed by atoms with E-state index in [9.17, 15) is 0 Å². The van der Waals surface area contributed by atoms with Crippen molar-refractivity contribution < 1.29 is 0 Å². The monoisotopic (exact) mass is 159 g/mol. The number of hydrogen-bond donors (Lipinski definition) is 0. The van der Waals surface area contributed by atoms with Crippen LogP contribution in [-0.4, -0.2) is 4.98 Å². The second kappa shape index (κ2) is 1.71. The molecule has 1 aromatic heterocycles. The lowest BCUT2D eigenvalue weighted by molar-refractivity contribution is 1.42. The van der Waals surface area contributed by atoms with Crippen LogP contribution < -0.4 is 0 Å². The van der Waals surface area contributed by atoms with E-state index in [-0.39, 0.29) is 0 Å². The zero-order chi connectivity index (χ0) is 7.26. The van der Waals surface area contributed by atoms with Gasteiger partial charge in [0.05, 0.1) is 0 Å². The fourth-order valence-electron chi connectivity index (χ4n) is 1.30. The van der Waals surface area contributed by atoms with Crippen molar-refractivity contribution in [2.75, 3.05) is 0 Å². The highest BCUT2D eigenvalue weighted by atomic mass is 32.1. The Kier molecular flexibility index (Phi) is 0.855. The maximum Gasteiger partial charge on any atom is 0.123 e. The summed E-state index contributed by atoms with van der Waals surface area (Å²) in [6, 6.07) is 6.48. The van der Waals surface area contributed by atoms with E-state index < -0.39 is 0 Å². The predicted molar refractivity (Wildman–Crippen MR) is 46.5 cm³/mol. The van der Waals surface area contributed by atoms with Crippen LogP contribution in [0.2, 0.25) is 0 Å². The Morgan fingerprint density at radius 2 is 2.18 bits per heavy atom. The van der Waals surface area contributed by atoms with Crippen LogP contribution >= 0.6 is 11.3 Å². The fraction of sp³-hybridized carbons (Fsp3) is 0. The molecule has 11 heavy (non-hydrogen) atoms. The summed E-state index contributed by atoms with van der Waals surface area (Å²) >= 11 is 1.70. The van der Waals surface area contributed by atoms with E-state index in [4.69, 9.17) is 0 Å². The van der Waals surface area contributed by atoms with Gasteiger partial charge in [0.1, 0.15) is 5.01 Å². The van der Waals surface area contributed by atoms with Gasteiger partial charge >= 0.3 is 0 Å². The number of benzene rings is 1. The van der Waals surface area contributed by atoms with Gasteiger partial charge in [0.25, 0.3) is 0 Å². The van der Waals surface area contributed by atoms with Crippen LogP contribution in [0.15, 0.2) is 29.8 Å². The van der Waals surface area contributed by atoms with Crippen molar-refractivity contribution in [2.45, 2.75) is 0 Å². The van der Waals surface area contributed by atoms with Gasteiger partial charge in [0.2, 0.25) is 0 Å². The smallest absolute Gasteiger partial charge is 0.123 e. The van der Waals surface area contributed by atoms with Crippen LogP contribution in [0.5, 0.6) is 0 Å². The molecule has 0 amide bonds. The van der Waals surface area contributed by atoms with Gasteiger partial charge in [-0.05, 0) is 17.2 Å². The second-order valence-corrected chi connectivity index (χ2v) is 3.49. The molecule has 3 rings (SSSR count). The Morgan fingerprint density at radius 3 is 2.73 bits per heavy atom. The molecule has 0 unspecified atom stereocenters. The Balaban J connectivity index is 2.21. The summed E-state index contributed by atoms with van der Waals surface area (Å²) in [7, 11) is 0. The lowest BCUT2D eigenvalue weighted by atomic mass is 10.3. The lowest BCUT2D eigenvalue weighted by Gasteiger charge is -1.86. The minimum absolute atomic E-state index is 1.14. The van der Waals surface area contributed by atoms with E-state index in [0.29, 0.717) is 0 Å². The van der Waals surface area contributed by atoms with Gasteiger partial charge in [-0.3, -0.25) is 0 Å². The lowest BCUT2D eigenvalue weighted by Crippen LogP contribution is -1.66. The molecule has 52 valence electrons. The molecule has 0 N–H and O–H groups in total. The molecule has 0 saturated heterocycles. The third kappa shape index (κ3) is 0.672. The van der Waals surface area contributed by atoms with Gasteiger partial charge in [0.15, 0.2) is 0 Å². The van der Waals surface area contributed by atoms with E-state index in [1.165, 1.54) is 16.7 Å². The summed E-state index contributed by atoms with van der Waals surface area (Å²) in [6.07, 6.45) is 1.85. The molecule has 1 aromatic rings. The van der Waals surface area contributed by atoms with Crippen LogP contribution in [0.4, 0.5) is 0 Å². The molecular formula is C9H5NS. The highest BCUT2D eigenvalue weighted by Gasteiger charge is 2.19. The molecular weight excluding hydrogens is 154 g/mol. The Hall–Kier alpha value is -1.15. The molecule has 0 radical (unpaired) electrons. The Bertz CT molecular complexity index is 404. The van der Waals surface area contributed by atoms with Gasteiger partial charge in [0, 0.05) is 17.1 Å². The third-order valence-electron chi connectivity index (χ3n) is 1.91. The first-order valence-corrected chi connectivity index (χ1v) is 4.37. The van der Waals surface area contributed by atoms with E-state index >= 15 is 0 Å². The molecule has 1 nitrogen and oxygen atoms in total. The number of hydrogen-bond acceptors (Lipinski definition) is 2. The zero-order valence-corrected chi connectivity index (χ0v) is 6.56. The van der Waals surface area contributed by atoms with Gasteiger partial charge in [-0.25, -0.2) is 4.98 Å². The first-order chi connectivity index (χ1) is 5.45. The molecule has 0 saturated carbocycles. The largest absolute Gasteiger partial charge is 0.245 e. The van der Waals surface area contributed by atoms with Crippen LogP contribution in [-0.2, 0) is 0 Å². The van der Waals surface area contributed by atoms with Gasteiger partial charge in [-0.1, -0.05) is 12.1 Å². The quantitative estimate of drug-likeness (QED) is 0.532. The second-order valence-electron chi connectivity index (χ2n) is 2.60. The number of rotatable bonds is 1. The summed E-state index contributed by atoms with van der Waals surface area (Å²) in [6.45, 7) is 0. The fourth-order valence-corrected chi connectivity index (χ4v) is 1.97. The molecule has 2 heteroatoms. The standard InChI is InChI=1S/C9H5NS/c1-2-7(8-5-6(1)8)9-10-3-4-11-9/h1-5H. The molecule has 0 spiro atoms. The van der Waals surface area contributed by atoms with Crippen molar-refractivity contribution in [3.63, 3.8) is 0 Å². The first kappa shape index (κ1) is 5.49. The first-order valence-electron chi connectivity index (χ1n) is 3.49. The average Bonchev–Trinajstić information content (AvgIpc) is 2.54. The SMILES string of the molecule is c1csc(-c2ccc3cc2-3)n1. The predicted octanol–water partition coefficient (Wildman–Crippen LogP) is 2.79. The van der Waals surface area contributed by atoms with Crippen LogP contribution in [0, 0.1) is 0 Å². The number of nitrogens with zero attached hydrogens (tertiary/aromatic N) is 1. The van der Waals surface area contributed by atoms with E-state index in [1.54, 1.807) is 11.3 Å². The summed E-state index contributed by atoms with van der Waals surface area (Å²) in [5.41, 5.74) is 4.07. The van der Waals surface area contributed by atoms with Gasteiger partial charge in [-0.2, -0.15) is 0 Å². The van der Waals surface area contributed by atoms with Crippen molar-refractivity contribution >= 4 is 11.3 Å². The maximum absolute atomic E-state index is 4.25. The van der Waals surface area contributed by atoms with Crippen LogP contribution in [0.3, 0.4) is 0 Å². The van der Waals surface area contributed by atoms with Gasteiger partial charge in [-0.15, -0.1) is 11.3 Å². The average molecular weight is 159 g/mol. The molecule has 0 bridgehead atoms. The normalized spacial score (nSPS) is 11.6. The van der Waals surface area contributed by atoms with E-state index in [1.807, 2.05) is 11.6 Å². The summed E-state index contributed by atoms with van der Waals surface area (Å²) < 4.78 is 0.